The Morgan fingerprint density at radius 2 is 1.62 bits per heavy atom. The monoisotopic (exact) mass is 367 g/mol. The van der Waals surface area contributed by atoms with Crippen LogP contribution in [0.4, 0.5) is 0 Å². The van der Waals surface area contributed by atoms with E-state index in [9.17, 15) is 0 Å². The van der Waals surface area contributed by atoms with E-state index in [2.05, 4.69) is 37.5 Å². The van der Waals surface area contributed by atoms with Gasteiger partial charge in [0.25, 0.3) is 0 Å². The Morgan fingerprint density at radius 1 is 1.00 bits per heavy atom. The molecule has 82 valence electrons. The minimum absolute atomic E-state index is 0.000870. The maximum Gasteiger partial charge on any atom is 0.327 e. The quantitative estimate of drug-likeness (QED) is 0.761. The van der Waals surface area contributed by atoms with Crippen LogP contribution in [-0.2, 0) is 0 Å². The van der Waals surface area contributed by atoms with Crippen LogP contribution in [0.15, 0.2) is 24.3 Å². The van der Waals surface area contributed by atoms with Crippen LogP contribution in [0.25, 0.3) is 0 Å². The average molecular weight is 368 g/mol. The van der Waals surface area contributed by atoms with Crippen molar-refractivity contribution in [2.75, 3.05) is 0 Å². The van der Waals surface area contributed by atoms with Crippen LogP contribution >= 0.6 is 45.8 Å². The molecule has 1 aromatic heterocycles. The summed E-state index contributed by atoms with van der Waals surface area (Å²) >= 11 is 13.4. The van der Waals surface area contributed by atoms with Crippen molar-refractivity contribution in [2.24, 2.45) is 0 Å². The van der Waals surface area contributed by atoms with Crippen molar-refractivity contribution >= 4 is 45.8 Å². The summed E-state index contributed by atoms with van der Waals surface area (Å²) in [4.78, 5) is 11.2. The predicted octanol–water partition coefficient (Wildman–Crippen LogP) is 3.58. The smallest absolute Gasteiger partial charge is 0.327 e. The van der Waals surface area contributed by atoms with Crippen LogP contribution in [0.1, 0.15) is 0 Å². The first kappa shape index (κ1) is 11.8. The first-order valence-corrected chi connectivity index (χ1v) is 5.98. The van der Waals surface area contributed by atoms with Crippen molar-refractivity contribution in [3.63, 3.8) is 0 Å². The Morgan fingerprint density at radius 3 is 2.25 bits per heavy atom. The minimum Gasteiger partial charge on any atom is -0.423 e. The van der Waals surface area contributed by atoms with Crippen LogP contribution < -0.4 is 4.74 Å². The number of ether oxygens (including phenoxy) is 1. The zero-order valence-electron chi connectivity index (χ0n) is 7.69. The highest BCUT2D eigenvalue weighted by Crippen LogP contribution is 2.24. The zero-order chi connectivity index (χ0) is 11.5. The van der Waals surface area contributed by atoms with Gasteiger partial charge in [-0.15, -0.1) is 0 Å². The summed E-state index contributed by atoms with van der Waals surface area (Å²) in [5, 5.41) is 0.00174. The number of benzene rings is 1. The van der Waals surface area contributed by atoms with Gasteiger partial charge in [-0.05, 0) is 57.9 Å². The van der Waals surface area contributed by atoms with E-state index in [-0.39, 0.29) is 16.6 Å². The molecule has 0 aliphatic carbocycles. The molecule has 16 heavy (non-hydrogen) atoms. The molecule has 0 radical (unpaired) electrons. The van der Waals surface area contributed by atoms with Crippen LogP contribution in [0.5, 0.6) is 11.8 Å². The lowest BCUT2D eigenvalue weighted by molar-refractivity contribution is 0.436. The highest BCUT2D eigenvalue weighted by Gasteiger charge is 2.07. The molecule has 1 heterocycles. The number of para-hydroxylation sites is 1. The van der Waals surface area contributed by atoms with Crippen LogP contribution in [0.3, 0.4) is 0 Å². The van der Waals surface area contributed by atoms with Crippen molar-refractivity contribution in [2.45, 2.75) is 0 Å². The lowest BCUT2D eigenvalue weighted by Gasteiger charge is -2.05. The van der Waals surface area contributed by atoms with Gasteiger partial charge in [0, 0.05) is 0 Å². The molecule has 0 amide bonds. The maximum atomic E-state index is 5.63. The fraction of sp³-hybridized carbons (Fsp3) is 0. The van der Waals surface area contributed by atoms with Gasteiger partial charge in [0.2, 0.25) is 10.6 Å². The molecule has 4 nitrogen and oxygen atoms in total. The van der Waals surface area contributed by atoms with Crippen molar-refractivity contribution in [3.8, 4) is 11.8 Å². The van der Waals surface area contributed by atoms with Gasteiger partial charge < -0.3 is 4.74 Å². The Kier molecular flexibility index (Phi) is 3.78. The third-order valence-corrected chi connectivity index (χ3v) is 2.83. The standard InChI is InChI=1S/C9H4Cl2IN3O/c10-7-13-8(11)15-9(14-7)16-6-4-2-1-3-5(6)12/h1-4H. The highest BCUT2D eigenvalue weighted by molar-refractivity contribution is 14.1. The summed E-state index contributed by atoms with van der Waals surface area (Å²) in [7, 11) is 0. The topological polar surface area (TPSA) is 47.9 Å². The van der Waals surface area contributed by atoms with E-state index >= 15 is 0 Å². The largest absolute Gasteiger partial charge is 0.423 e. The fourth-order valence-corrected chi connectivity index (χ4v) is 1.83. The molecule has 7 heteroatoms. The molecule has 0 saturated heterocycles. The number of aromatic nitrogens is 3. The molecule has 0 saturated carbocycles. The number of halogens is 3. The molecule has 0 atom stereocenters. The molecule has 0 bridgehead atoms. The van der Waals surface area contributed by atoms with Gasteiger partial charge in [-0.3, -0.25) is 0 Å². The Balaban J connectivity index is 2.30. The number of nitrogens with zero attached hydrogens (tertiary/aromatic N) is 3. The average Bonchev–Trinajstić information content (AvgIpc) is 2.20. The molecular formula is C9H4Cl2IN3O. The van der Waals surface area contributed by atoms with Crippen molar-refractivity contribution in [1.29, 1.82) is 0 Å². The SMILES string of the molecule is Clc1nc(Cl)nc(Oc2ccccc2I)n1. The third kappa shape index (κ3) is 2.93. The normalized spacial score (nSPS) is 10.2. The number of hydrogen-bond donors (Lipinski definition) is 0. The summed E-state index contributed by atoms with van der Waals surface area (Å²) in [5.41, 5.74) is 0. The molecular weight excluding hydrogens is 364 g/mol. The molecule has 0 unspecified atom stereocenters. The Bertz CT molecular complexity index is 504. The second-order valence-corrected chi connectivity index (χ2v) is 4.53. The first-order chi connectivity index (χ1) is 7.65. The van der Waals surface area contributed by atoms with Crippen molar-refractivity contribution < 1.29 is 4.74 Å². The van der Waals surface area contributed by atoms with Crippen LogP contribution in [0.2, 0.25) is 10.6 Å². The van der Waals surface area contributed by atoms with Gasteiger partial charge in [-0.2, -0.15) is 15.0 Å². The predicted molar refractivity (Wildman–Crippen MR) is 69.1 cm³/mol. The van der Waals surface area contributed by atoms with E-state index in [0.717, 1.165) is 3.57 Å². The van der Waals surface area contributed by atoms with E-state index in [4.69, 9.17) is 27.9 Å². The van der Waals surface area contributed by atoms with Gasteiger partial charge in [0.05, 0.1) is 3.57 Å². The van der Waals surface area contributed by atoms with E-state index in [1.807, 2.05) is 18.2 Å². The van der Waals surface area contributed by atoms with E-state index in [1.54, 1.807) is 6.07 Å². The highest BCUT2D eigenvalue weighted by atomic mass is 127. The van der Waals surface area contributed by atoms with Crippen molar-refractivity contribution in [1.82, 2.24) is 15.0 Å². The van der Waals surface area contributed by atoms with E-state index < -0.39 is 0 Å². The lowest BCUT2D eigenvalue weighted by atomic mass is 10.3. The Hall–Kier alpha value is -0.660. The molecule has 0 spiro atoms. The molecule has 0 aliphatic heterocycles. The van der Waals surface area contributed by atoms with Gasteiger partial charge in [0.15, 0.2) is 0 Å². The second kappa shape index (κ2) is 5.11. The van der Waals surface area contributed by atoms with Crippen LogP contribution in [0, 0.1) is 3.57 Å². The Labute approximate surface area is 115 Å². The maximum absolute atomic E-state index is 5.63. The van der Waals surface area contributed by atoms with E-state index in [0.29, 0.717) is 5.75 Å². The molecule has 2 rings (SSSR count). The van der Waals surface area contributed by atoms with Crippen LogP contribution in [-0.4, -0.2) is 15.0 Å². The second-order valence-electron chi connectivity index (χ2n) is 2.69. The summed E-state index contributed by atoms with van der Waals surface area (Å²) in [6, 6.07) is 7.53. The van der Waals surface area contributed by atoms with Gasteiger partial charge in [-0.1, -0.05) is 12.1 Å². The van der Waals surface area contributed by atoms with Crippen molar-refractivity contribution in [3.05, 3.63) is 38.4 Å². The summed E-state index contributed by atoms with van der Waals surface area (Å²) < 4.78 is 6.37. The molecule has 1 aromatic carbocycles. The third-order valence-electron chi connectivity index (χ3n) is 1.60. The molecule has 2 aromatic rings. The minimum atomic E-state index is 0.000870. The lowest BCUT2D eigenvalue weighted by Crippen LogP contribution is -1.96. The fourth-order valence-electron chi connectivity index (χ4n) is 0.980. The summed E-state index contributed by atoms with van der Waals surface area (Å²) in [5.74, 6) is 0.640. The van der Waals surface area contributed by atoms with Gasteiger partial charge in [0.1, 0.15) is 5.75 Å². The number of rotatable bonds is 2. The molecule has 0 aliphatic rings. The molecule has 0 fully saturated rings. The van der Waals surface area contributed by atoms with Gasteiger partial charge >= 0.3 is 6.01 Å². The zero-order valence-corrected chi connectivity index (χ0v) is 11.4. The molecule has 0 N–H and O–H groups in total. The number of hydrogen-bond acceptors (Lipinski definition) is 4. The summed E-state index contributed by atoms with van der Waals surface area (Å²) in [6.07, 6.45) is 0. The summed E-state index contributed by atoms with van der Waals surface area (Å²) in [6.45, 7) is 0. The van der Waals surface area contributed by atoms with Gasteiger partial charge in [-0.25, -0.2) is 0 Å². The first-order valence-electron chi connectivity index (χ1n) is 4.14. The van der Waals surface area contributed by atoms with E-state index in [1.165, 1.54) is 0 Å².